The van der Waals surface area contributed by atoms with E-state index in [0.717, 1.165) is 24.0 Å². The zero-order valence-electron chi connectivity index (χ0n) is 27.6. The summed E-state index contributed by atoms with van der Waals surface area (Å²) in [6.07, 6.45) is 6.29. The maximum atomic E-state index is 14.2. The largest absolute Gasteiger partial charge is 0.497 e. The number of fused-ring (bicyclic) bond motifs is 8. The van der Waals surface area contributed by atoms with Crippen LogP contribution in [0.3, 0.4) is 0 Å². The van der Waals surface area contributed by atoms with Crippen LogP contribution in [0.25, 0.3) is 0 Å². The van der Waals surface area contributed by atoms with E-state index in [2.05, 4.69) is 19.9 Å². The summed E-state index contributed by atoms with van der Waals surface area (Å²) in [5.74, 6) is 0.433. The zero-order valence-corrected chi connectivity index (χ0v) is 27.6. The summed E-state index contributed by atoms with van der Waals surface area (Å²) in [4.78, 5) is 28.9. The van der Waals surface area contributed by atoms with E-state index in [1.807, 2.05) is 18.2 Å². The Kier molecular flexibility index (Phi) is 11.9. The Balaban J connectivity index is 1.80. The van der Waals surface area contributed by atoms with Gasteiger partial charge in [-0.25, -0.2) is 4.79 Å². The van der Waals surface area contributed by atoms with E-state index in [1.54, 1.807) is 50.3 Å². The van der Waals surface area contributed by atoms with Gasteiger partial charge in [-0.1, -0.05) is 30.7 Å². The first-order chi connectivity index (χ1) is 21.5. The van der Waals surface area contributed by atoms with Crippen molar-refractivity contribution in [2.45, 2.75) is 89.8 Å². The van der Waals surface area contributed by atoms with E-state index in [9.17, 15) is 19.8 Å². The second-order valence-electron chi connectivity index (χ2n) is 13.0. The number of hydrogen-bond donors (Lipinski definition) is 2. The molecule has 0 spiro atoms. The van der Waals surface area contributed by atoms with E-state index in [-0.39, 0.29) is 24.9 Å². The standard InChI is InChI=1S/C37H51NO7/c1-6-45-35(41)38(21-8-22-43-4)25-37(42)20-18-33-31-17-11-27(23-29(39)14-10-26(2)9-7-19-36(33,37)3)24-32(31)34(40)28-12-15-30(44-5)16-13-28/h9,11-13,15-17,24,29,33,39,42H,6-8,10,14,18-23,25H2,1-5H3/t29-,33-,36-,37+/m0/s1. The number of rotatable bonds is 10. The molecule has 0 radical (unpaired) electrons. The minimum absolute atomic E-state index is 0.0997. The number of benzene rings is 2. The van der Waals surface area contributed by atoms with Crippen LogP contribution in [0.4, 0.5) is 4.79 Å². The van der Waals surface area contributed by atoms with Crippen LogP contribution in [-0.4, -0.2) is 79.2 Å². The van der Waals surface area contributed by atoms with Gasteiger partial charge in [-0.05, 0) is 113 Å². The van der Waals surface area contributed by atoms with Crippen molar-refractivity contribution < 1.29 is 34.0 Å². The van der Waals surface area contributed by atoms with E-state index in [1.165, 1.54) is 5.57 Å². The topological polar surface area (TPSA) is 106 Å². The van der Waals surface area contributed by atoms with Gasteiger partial charge in [-0.2, -0.15) is 0 Å². The van der Waals surface area contributed by atoms with Crippen molar-refractivity contribution in [1.82, 2.24) is 4.90 Å². The molecule has 2 bridgehead atoms. The molecule has 0 aliphatic heterocycles. The molecule has 4 atom stereocenters. The molecule has 3 aliphatic carbocycles. The highest BCUT2D eigenvalue weighted by atomic mass is 16.6. The van der Waals surface area contributed by atoms with Gasteiger partial charge in [0.05, 0.1) is 32.0 Å². The molecule has 45 heavy (non-hydrogen) atoms. The highest BCUT2D eigenvalue weighted by Crippen LogP contribution is 2.59. The Labute approximate surface area is 268 Å². The van der Waals surface area contributed by atoms with Gasteiger partial charge in [0.25, 0.3) is 0 Å². The van der Waals surface area contributed by atoms with Gasteiger partial charge in [0.2, 0.25) is 0 Å². The number of amides is 1. The molecule has 1 saturated carbocycles. The van der Waals surface area contributed by atoms with Gasteiger partial charge < -0.3 is 29.3 Å². The van der Waals surface area contributed by atoms with E-state index >= 15 is 0 Å². The molecule has 0 saturated heterocycles. The third-order valence-electron chi connectivity index (χ3n) is 10.0. The fraction of sp³-hybridized carbons (Fsp3) is 0.568. The average Bonchev–Trinajstić information content (AvgIpc) is 3.28. The molecule has 3 aliphatic rings. The van der Waals surface area contributed by atoms with Gasteiger partial charge in [-0.15, -0.1) is 0 Å². The molecular formula is C37H51NO7. The van der Waals surface area contributed by atoms with Crippen LogP contribution in [-0.2, 0) is 15.9 Å². The van der Waals surface area contributed by atoms with E-state index in [4.69, 9.17) is 14.2 Å². The number of carbonyl (C=O) groups excluding carboxylic acids is 2. The van der Waals surface area contributed by atoms with Crippen molar-refractivity contribution in [3.63, 3.8) is 0 Å². The maximum absolute atomic E-state index is 14.2. The lowest BCUT2D eigenvalue weighted by Crippen LogP contribution is -2.54. The minimum atomic E-state index is -1.22. The first-order valence-corrected chi connectivity index (χ1v) is 16.3. The first kappa shape index (κ1) is 34.7. The Bertz CT molecular complexity index is 1340. The first-order valence-electron chi connectivity index (χ1n) is 16.3. The summed E-state index contributed by atoms with van der Waals surface area (Å²) < 4.78 is 16.0. The summed E-state index contributed by atoms with van der Waals surface area (Å²) in [7, 11) is 3.23. The van der Waals surface area contributed by atoms with Crippen LogP contribution < -0.4 is 4.74 Å². The lowest BCUT2D eigenvalue weighted by Gasteiger charge is -2.46. The van der Waals surface area contributed by atoms with Crippen molar-refractivity contribution >= 4 is 11.9 Å². The van der Waals surface area contributed by atoms with Crippen molar-refractivity contribution in [3.8, 4) is 5.75 Å². The molecule has 5 rings (SSSR count). The molecule has 8 nitrogen and oxygen atoms in total. The normalized spacial score (nSPS) is 25.2. The second kappa shape index (κ2) is 15.4. The van der Waals surface area contributed by atoms with Crippen LogP contribution in [0.5, 0.6) is 5.75 Å². The van der Waals surface area contributed by atoms with Crippen LogP contribution in [0.2, 0.25) is 0 Å². The van der Waals surface area contributed by atoms with Crippen LogP contribution >= 0.6 is 0 Å². The zero-order chi connectivity index (χ0) is 32.6. The predicted octanol–water partition coefficient (Wildman–Crippen LogP) is 6.46. The minimum Gasteiger partial charge on any atom is -0.497 e. The summed E-state index contributed by atoms with van der Waals surface area (Å²) in [6.45, 7) is 7.29. The van der Waals surface area contributed by atoms with Crippen molar-refractivity contribution in [2.24, 2.45) is 5.41 Å². The molecule has 1 amide bonds. The Hall–Kier alpha value is -3.20. The quantitative estimate of drug-likeness (QED) is 0.178. The van der Waals surface area contributed by atoms with Crippen LogP contribution in [0.15, 0.2) is 54.1 Å². The summed E-state index contributed by atoms with van der Waals surface area (Å²) in [5.41, 5.74) is 2.29. The molecular weight excluding hydrogens is 570 g/mol. The highest BCUT2D eigenvalue weighted by Gasteiger charge is 2.57. The lowest BCUT2D eigenvalue weighted by atomic mass is 9.64. The van der Waals surface area contributed by atoms with Gasteiger partial charge in [0, 0.05) is 36.8 Å². The van der Waals surface area contributed by atoms with E-state index < -0.39 is 23.2 Å². The number of aliphatic hydroxyl groups excluding tert-OH is 1. The number of methoxy groups -OCH3 is 2. The number of hydrogen-bond acceptors (Lipinski definition) is 7. The summed E-state index contributed by atoms with van der Waals surface area (Å²) in [5, 5.41) is 23.5. The smallest absolute Gasteiger partial charge is 0.409 e. The predicted molar refractivity (Wildman–Crippen MR) is 175 cm³/mol. The van der Waals surface area contributed by atoms with Gasteiger partial charge >= 0.3 is 6.09 Å². The van der Waals surface area contributed by atoms with Crippen LogP contribution in [0.1, 0.15) is 98.7 Å². The molecule has 0 heterocycles. The lowest BCUT2D eigenvalue weighted by molar-refractivity contribution is -0.0814. The third kappa shape index (κ3) is 7.97. The number of carbonyl (C=O) groups is 2. The van der Waals surface area contributed by atoms with Crippen molar-refractivity contribution in [3.05, 3.63) is 76.4 Å². The van der Waals surface area contributed by atoms with Gasteiger partial charge in [0.15, 0.2) is 5.78 Å². The van der Waals surface area contributed by atoms with Crippen molar-refractivity contribution in [2.75, 3.05) is 40.5 Å². The number of allylic oxidation sites excluding steroid dienone is 2. The molecule has 0 aromatic heterocycles. The molecule has 8 heteroatoms. The number of aliphatic hydroxyl groups is 2. The monoisotopic (exact) mass is 621 g/mol. The van der Waals surface area contributed by atoms with Gasteiger partial charge in [-0.3, -0.25) is 4.79 Å². The fourth-order valence-electron chi connectivity index (χ4n) is 7.26. The molecule has 0 unspecified atom stereocenters. The molecule has 2 N–H and O–H groups in total. The number of ether oxygens (including phenoxy) is 3. The molecule has 1 fully saturated rings. The van der Waals surface area contributed by atoms with Gasteiger partial charge in [0.1, 0.15) is 5.75 Å². The Morgan fingerprint density at radius 1 is 1.07 bits per heavy atom. The number of ketones is 1. The molecule has 2 aromatic carbocycles. The molecule has 2 aromatic rings. The van der Waals surface area contributed by atoms with Crippen LogP contribution in [0, 0.1) is 5.41 Å². The SMILES string of the molecule is CCOC(=O)N(CCCOC)C[C@]1(O)CC[C@H]2c3ccc(cc3C(=O)c3ccc(OC)cc3)C[C@@H](O)CCC(C)=CCC[C@@]21C. The summed E-state index contributed by atoms with van der Waals surface area (Å²) >= 11 is 0. The number of nitrogens with zero attached hydrogens (tertiary/aromatic N) is 1. The van der Waals surface area contributed by atoms with Crippen molar-refractivity contribution in [1.29, 1.82) is 0 Å². The Morgan fingerprint density at radius 3 is 2.51 bits per heavy atom. The second-order valence-corrected chi connectivity index (χ2v) is 13.0. The molecule has 246 valence electrons. The Morgan fingerprint density at radius 2 is 1.82 bits per heavy atom. The average molecular weight is 622 g/mol. The fourth-order valence-corrected chi connectivity index (χ4v) is 7.26. The summed E-state index contributed by atoms with van der Waals surface area (Å²) in [6, 6.07) is 13.1. The highest BCUT2D eigenvalue weighted by molar-refractivity contribution is 6.10. The maximum Gasteiger partial charge on any atom is 0.409 e. The third-order valence-corrected chi connectivity index (χ3v) is 10.0. The van der Waals surface area contributed by atoms with E-state index in [0.29, 0.717) is 68.6 Å².